The van der Waals surface area contributed by atoms with Crippen LogP contribution >= 0.6 is 0 Å². The molecule has 0 saturated heterocycles. The average molecular weight is 597 g/mol. The van der Waals surface area contributed by atoms with Crippen LogP contribution < -0.4 is 0 Å². The molecule has 3 unspecified atom stereocenters. The van der Waals surface area contributed by atoms with Crippen LogP contribution in [0.5, 0.6) is 0 Å². The predicted octanol–water partition coefficient (Wildman–Crippen LogP) is 3.44. The van der Waals surface area contributed by atoms with Crippen LogP contribution in [0.1, 0.15) is 48.0 Å². The second kappa shape index (κ2) is 25.7. The van der Waals surface area contributed by atoms with Crippen molar-refractivity contribution in [2.75, 3.05) is 39.6 Å². The Labute approximate surface area is 247 Å². The van der Waals surface area contributed by atoms with Crippen LogP contribution in [-0.4, -0.2) is 75.5 Å². The first-order valence-corrected chi connectivity index (χ1v) is 13.7. The molecule has 1 rings (SSSR count). The summed E-state index contributed by atoms with van der Waals surface area (Å²) in [6, 6.07) is 0. The molecule has 0 aromatic rings. The molecule has 0 saturated carbocycles. The Morgan fingerprint density at radius 3 is 1.40 bits per heavy atom. The number of esters is 6. The first-order chi connectivity index (χ1) is 20.1. The van der Waals surface area contributed by atoms with Gasteiger partial charge < -0.3 is 28.4 Å². The Morgan fingerprint density at radius 2 is 1.00 bits per heavy atom. The van der Waals surface area contributed by atoms with Crippen LogP contribution in [0.15, 0.2) is 49.1 Å². The van der Waals surface area contributed by atoms with Crippen LogP contribution in [0, 0.1) is 17.8 Å². The van der Waals surface area contributed by atoms with E-state index in [1.807, 2.05) is 0 Å². The lowest BCUT2D eigenvalue weighted by Gasteiger charge is -2.27. The number of hydrogen-bond acceptors (Lipinski definition) is 12. The van der Waals surface area contributed by atoms with E-state index in [0.717, 1.165) is 6.08 Å². The Morgan fingerprint density at radius 1 is 0.595 bits per heavy atom. The van der Waals surface area contributed by atoms with Crippen LogP contribution in [0.3, 0.4) is 0 Å². The maximum atomic E-state index is 12.0. The van der Waals surface area contributed by atoms with E-state index >= 15 is 0 Å². The first-order valence-electron chi connectivity index (χ1n) is 13.7. The molecule has 1 aliphatic rings. The van der Waals surface area contributed by atoms with Crippen molar-refractivity contribution in [3.8, 4) is 0 Å². The molecule has 0 aromatic carbocycles. The maximum Gasteiger partial charge on any atom is 0.330 e. The van der Waals surface area contributed by atoms with Crippen LogP contribution in [0.25, 0.3) is 0 Å². The van der Waals surface area contributed by atoms with Crippen molar-refractivity contribution in [3.05, 3.63) is 49.1 Å². The molecule has 0 fully saturated rings. The lowest BCUT2D eigenvalue weighted by Crippen LogP contribution is -2.37. The van der Waals surface area contributed by atoms with E-state index in [0.29, 0.717) is 19.8 Å². The molecule has 12 nitrogen and oxygen atoms in total. The number of allylic oxidation sites excluding steroid dienone is 2. The van der Waals surface area contributed by atoms with Gasteiger partial charge in [-0.05, 0) is 48.0 Å². The summed E-state index contributed by atoms with van der Waals surface area (Å²) in [5.74, 6) is -4.55. The minimum atomic E-state index is -0.719. The largest absolute Gasteiger partial charge is 0.466 e. The fourth-order valence-corrected chi connectivity index (χ4v) is 3.13. The van der Waals surface area contributed by atoms with Gasteiger partial charge in [0.25, 0.3) is 0 Å². The van der Waals surface area contributed by atoms with E-state index in [-0.39, 0.29) is 32.2 Å². The summed E-state index contributed by atoms with van der Waals surface area (Å²) in [6.07, 6.45) is 9.81. The molecule has 0 N–H and O–H groups in total. The zero-order chi connectivity index (χ0) is 32.3. The van der Waals surface area contributed by atoms with Crippen molar-refractivity contribution in [2.45, 2.75) is 48.0 Å². The summed E-state index contributed by atoms with van der Waals surface area (Å²) in [5, 5.41) is 0. The number of carbonyl (C=O) groups is 6. The Kier molecular flexibility index (Phi) is 24.5. The maximum absolute atomic E-state index is 12.0. The lowest BCUT2D eigenvalue weighted by molar-refractivity contribution is -0.161. The minimum Gasteiger partial charge on any atom is -0.466 e. The topological polar surface area (TPSA) is 158 Å². The summed E-state index contributed by atoms with van der Waals surface area (Å²) in [6.45, 7) is 15.3. The van der Waals surface area contributed by atoms with Crippen LogP contribution in [0.2, 0.25) is 0 Å². The molecule has 0 aromatic heterocycles. The van der Waals surface area contributed by atoms with Gasteiger partial charge in [0.2, 0.25) is 0 Å². The molecular formula is C30H44O12. The highest BCUT2D eigenvalue weighted by Crippen LogP contribution is 2.31. The van der Waals surface area contributed by atoms with Gasteiger partial charge in [0.15, 0.2) is 0 Å². The lowest BCUT2D eigenvalue weighted by atomic mass is 9.79. The summed E-state index contributed by atoms with van der Waals surface area (Å²) in [5.41, 5.74) is 0. The highest BCUT2D eigenvalue weighted by Gasteiger charge is 2.40. The van der Waals surface area contributed by atoms with Gasteiger partial charge in [-0.15, -0.1) is 0 Å². The van der Waals surface area contributed by atoms with Crippen molar-refractivity contribution in [2.24, 2.45) is 17.8 Å². The van der Waals surface area contributed by atoms with Crippen molar-refractivity contribution in [1.29, 1.82) is 0 Å². The number of carbonyl (C=O) groups excluding carboxylic acids is 6. The summed E-state index contributed by atoms with van der Waals surface area (Å²) in [7, 11) is 0. The van der Waals surface area contributed by atoms with E-state index in [1.165, 1.54) is 24.3 Å². The third kappa shape index (κ3) is 19.0. The fraction of sp³-hybridized carbons (Fsp3) is 0.533. The number of ether oxygens (including phenoxy) is 6. The smallest absolute Gasteiger partial charge is 0.330 e. The first kappa shape index (κ1) is 39.9. The van der Waals surface area contributed by atoms with Gasteiger partial charge in [-0.1, -0.05) is 30.9 Å². The Balaban J connectivity index is 0. The van der Waals surface area contributed by atoms with E-state index in [4.69, 9.17) is 14.2 Å². The number of hydrogen-bond donors (Lipinski definition) is 0. The van der Waals surface area contributed by atoms with Gasteiger partial charge in [0.1, 0.15) is 0 Å². The SMILES string of the molecule is C=CC(=O)OCC.CCOC(=O)/C=C/C=C/C(=O)OCC.CCOC(=O)C1C=CC(C(=O)OCC)C(C(=O)OCC)C1. The summed E-state index contributed by atoms with van der Waals surface area (Å²) >= 11 is 0. The minimum absolute atomic E-state index is 0.192. The molecule has 42 heavy (non-hydrogen) atoms. The van der Waals surface area contributed by atoms with Gasteiger partial charge in [0, 0.05) is 18.2 Å². The molecule has 0 bridgehead atoms. The van der Waals surface area contributed by atoms with Gasteiger partial charge in [-0.3, -0.25) is 14.4 Å². The fourth-order valence-electron chi connectivity index (χ4n) is 3.13. The molecule has 3 atom stereocenters. The third-order valence-electron chi connectivity index (χ3n) is 4.83. The monoisotopic (exact) mass is 596 g/mol. The van der Waals surface area contributed by atoms with Gasteiger partial charge in [0.05, 0.1) is 57.4 Å². The molecule has 0 heterocycles. The van der Waals surface area contributed by atoms with Gasteiger partial charge in [-0.25, -0.2) is 14.4 Å². The summed E-state index contributed by atoms with van der Waals surface area (Å²) in [4.78, 5) is 67.3. The van der Waals surface area contributed by atoms with Gasteiger partial charge >= 0.3 is 35.8 Å². The van der Waals surface area contributed by atoms with E-state index in [2.05, 4.69) is 20.8 Å². The second-order valence-electron chi connectivity index (χ2n) is 7.79. The molecular weight excluding hydrogens is 552 g/mol. The van der Waals surface area contributed by atoms with Crippen molar-refractivity contribution >= 4 is 35.8 Å². The standard InChI is InChI=1S/C15H22O6.C10H14O4.C5H8O2/c1-4-19-13(16)10-7-8-11(14(17)20-5-2)12(9-10)15(18)21-6-3;1-3-13-9(11)7-5-6-8-10(12)14-4-2;1-3-5(6)7-4-2/h7-8,10-12H,4-6,9H2,1-3H3;5-8H,3-4H2,1-2H3;3H,1,4H2,2H3/b;7-5+,8-6+;. The Hall–Kier alpha value is -4.22. The van der Waals surface area contributed by atoms with E-state index < -0.39 is 47.6 Å². The molecule has 0 radical (unpaired) electrons. The van der Waals surface area contributed by atoms with E-state index in [1.54, 1.807) is 53.7 Å². The van der Waals surface area contributed by atoms with Crippen molar-refractivity contribution in [3.63, 3.8) is 0 Å². The van der Waals surface area contributed by atoms with Gasteiger partial charge in [-0.2, -0.15) is 0 Å². The number of rotatable bonds is 13. The molecule has 1 aliphatic carbocycles. The highest BCUT2D eigenvalue weighted by atomic mass is 16.6. The predicted molar refractivity (Wildman–Crippen MR) is 153 cm³/mol. The molecule has 12 heteroatoms. The van der Waals surface area contributed by atoms with Crippen LogP contribution in [-0.2, 0) is 57.2 Å². The van der Waals surface area contributed by atoms with Crippen molar-refractivity contribution in [1.82, 2.24) is 0 Å². The zero-order valence-electron chi connectivity index (χ0n) is 25.3. The van der Waals surface area contributed by atoms with Crippen molar-refractivity contribution < 1.29 is 57.2 Å². The molecule has 0 aliphatic heterocycles. The summed E-state index contributed by atoms with van der Waals surface area (Å²) < 4.78 is 28.6. The third-order valence-corrected chi connectivity index (χ3v) is 4.83. The normalized spacial score (nSPS) is 17.0. The van der Waals surface area contributed by atoms with Crippen LogP contribution in [0.4, 0.5) is 0 Å². The quantitative estimate of drug-likeness (QED) is 0.100. The Bertz CT molecular complexity index is 922. The molecule has 0 amide bonds. The molecule has 236 valence electrons. The second-order valence-corrected chi connectivity index (χ2v) is 7.79. The average Bonchev–Trinajstić information content (AvgIpc) is 2.96. The zero-order valence-corrected chi connectivity index (χ0v) is 25.3. The highest BCUT2D eigenvalue weighted by molar-refractivity contribution is 5.86. The molecule has 0 spiro atoms. The van der Waals surface area contributed by atoms with E-state index in [9.17, 15) is 28.8 Å².